The molecule has 1 aliphatic rings. The van der Waals surface area contributed by atoms with Crippen molar-refractivity contribution in [2.45, 2.75) is 44.7 Å². The van der Waals surface area contributed by atoms with Crippen molar-refractivity contribution in [2.75, 3.05) is 6.54 Å². The van der Waals surface area contributed by atoms with E-state index in [1.165, 1.54) is 11.6 Å². The molecule has 0 unspecified atom stereocenters. The van der Waals surface area contributed by atoms with Crippen LogP contribution >= 0.6 is 11.3 Å². The maximum Gasteiger partial charge on any atom is 0.332 e. The summed E-state index contributed by atoms with van der Waals surface area (Å²) in [5.41, 5.74) is 0.958. The second kappa shape index (κ2) is 8.58. The molecule has 0 bridgehead atoms. The number of carbonyl (C=O) groups is 1. The molecule has 0 radical (unpaired) electrons. The van der Waals surface area contributed by atoms with Gasteiger partial charge in [-0.3, -0.25) is 18.7 Å². The Morgan fingerprint density at radius 3 is 2.79 bits per heavy atom. The summed E-state index contributed by atoms with van der Waals surface area (Å²) in [6.45, 7) is 1.23. The molecule has 1 aliphatic heterocycles. The molecule has 10 heteroatoms. The quantitative estimate of drug-likeness (QED) is 0.451. The number of hydrogen-bond donors (Lipinski definition) is 0. The summed E-state index contributed by atoms with van der Waals surface area (Å²) >= 11 is 1.67. The summed E-state index contributed by atoms with van der Waals surface area (Å²) < 4.78 is 5.34. The van der Waals surface area contributed by atoms with E-state index in [4.69, 9.17) is 4.98 Å². The molecule has 4 heterocycles. The van der Waals surface area contributed by atoms with Gasteiger partial charge in [-0.25, -0.2) is 14.8 Å². The molecular formula is C23H26N6O3S. The summed E-state index contributed by atoms with van der Waals surface area (Å²) in [4.78, 5) is 48.9. The minimum Gasteiger partial charge on any atom is -0.333 e. The molecule has 1 saturated heterocycles. The van der Waals surface area contributed by atoms with E-state index >= 15 is 0 Å². The highest BCUT2D eigenvalue weighted by Crippen LogP contribution is 2.36. The number of rotatable bonds is 5. The number of fused-ring (bicyclic) bond motifs is 2. The first-order valence-corrected chi connectivity index (χ1v) is 12.0. The lowest BCUT2D eigenvalue weighted by molar-refractivity contribution is -0.135. The minimum absolute atomic E-state index is 0.0274. The van der Waals surface area contributed by atoms with Gasteiger partial charge in [-0.05, 0) is 37.8 Å². The Morgan fingerprint density at radius 2 is 1.97 bits per heavy atom. The first-order chi connectivity index (χ1) is 16.0. The fraction of sp³-hybridized carbons (Fsp3) is 0.435. The van der Waals surface area contributed by atoms with Crippen molar-refractivity contribution in [1.29, 1.82) is 0 Å². The zero-order valence-corrected chi connectivity index (χ0v) is 19.5. The second-order valence-electron chi connectivity index (χ2n) is 8.54. The predicted molar refractivity (Wildman–Crippen MR) is 127 cm³/mol. The molecule has 172 valence electrons. The third kappa shape index (κ3) is 3.78. The number of imidazole rings is 1. The molecule has 0 aliphatic carbocycles. The van der Waals surface area contributed by atoms with Crippen molar-refractivity contribution in [3.8, 4) is 0 Å². The summed E-state index contributed by atoms with van der Waals surface area (Å²) in [5.74, 6) is 0.115. The van der Waals surface area contributed by atoms with Crippen molar-refractivity contribution in [3.05, 3.63) is 56.4 Å². The number of hydrogen-bond acceptors (Lipinski definition) is 6. The molecule has 1 atom stereocenters. The minimum atomic E-state index is -0.404. The second-order valence-corrected chi connectivity index (χ2v) is 9.60. The van der Waals surface area contributed by atoms with E-state index in [1.54, 1.807) is 29.3 Å². The van der Waals surface area contributed by atoms with Crippen molar-refractivity contribution < 1.29 is 4.79 Å². The Labute approximate surface area is 193 Å². The zero-order valence-electron chi connectivity index (χ0n) is 18.7. The van der Waals surface area contributed by atoms with E-state index in [1.807, 2.05) is 23.1 Å². The van der Waals surface area contributed by atoms with Crippen LogP contribution in [0.4, 0.5) is 0 Å². The Balaban J connectivity index is 1.31. The van der Waals surface area contributed by atoms with Crippen LogP contribution in [0.5, 0.6) is 0 Å². The molecule has 0 spiro atoms. The molecule has 0 N–H and O–H groups in total. The van der Waals surface area contributed by atoms with E-state index in [-0.39, 0.29) is 17.5 Å². The van der Waals surface area contributed by atoms with Crippen LogP contribution in [-0.4, -0.2) is 41.0 Å². The lowest BCUT2D eigenvalue weighted by atomic mass is 10.0. The van der Waals surface area contributed by atoms with Gasteiger partial charge in [0.15, 0.2) is 11.2 Å². The summed E-state index contributed by atoms with van der Waals surface area (Å²) in [7, 11) is 3.06. The van der Waals surface area contributed by atoms with Crippen LogP contribution in [0.1, 0.15) is 43.2 Å². The van der Waals surface area contributed by atoms with Gasteiger partial charge in [0.1, 0.15) is 5.01 Å². The fourth-order valence-electron chi connectivity index (χ4n) is 4.63. The molecule has 1 aromatic carbocycles. The van der Waals surface area contributed by atoms with Crippen LogP contribution in [0.15, 0.2) is 40.2 Å². The first-order valence-electron chi connectivity index (χ1n) is 11.2. The topological polar surface area (TPSA) is 95.0 Å². The summed E-state index contributed by atoms with van der Waals surface area (Å²) in [5, 5.41) is 1.01. The average Bonchev–Trinajstić information content (AvgIpc) is 3.46. The average molecular weight is 467 g/mol. The van der Waals surface area contributed by atoms with E-state index < -0.39 is 5.69 Å². The third-order valence-electron chi connectivity index (χ3n) is 6.43. The van der Waals surface area contributed by atoms with E-state index in [9.17, 15) is 14.4 Å². The van der Waals surface area contributed by atoms with Gasteiger partial charge in [-0.2, -0.15) is 0 Å². The van der Waals surface area contributed by atoms with Gasteiger partial charge in [0.25, 0.3) is 5.56 Å². The lowest BCUT2D eigenvalue weighted by Gasteiger charge is -2.34. The van der Waals surface area contributed by atoms with Crippen LogP contribution in [0.2, 0.25) is 0 Å². The molecule has 33 heavy (non-hydrogen) atoms. The highest BCUT2D eigenvalue weighted by molar-refractivity contribution is 7.18. The largest absolute Gasteiger partial charge is 0.333 e. The van der Waals surface area contributed by atoms with Gasteiger partial charge in [0.05, 0.1) is 22.6 Å². The number of likely N-dealkylation sites (tertiary alicyclic amines) is 1. The Morgan fingerprint density at radius 1 is 1.15 bits per heavy atom. The number of amides is 1. The van der Waals surface area contributed by atoms with Crippen LogP contribution in [0.3, 0.4) is 0 Å². The third-order valence-corrected chi connectivity index (χ3v) is 7.56. The molecule has 0 saturated carbocycles. The molecule has 9 nitrogen and oxygen atoms in total. The SMILES string of the molecule is Cn1c(=O)c2c(ncn2CCCC(=O)N2CCCC[C@@H]2c2nc3ccccc3s2)n(C)c1=O. The van der Waals surface area contributed by atoms with E-state index in [2.05, 4.69) is 11.1 Å². The number of benzene rings is 1. The number of piperidine rings is 1. The van der Waals surface area contributed by atoms with Gasteiger partial charge >= 0.3 is 5.69 Å². The van der Waals surface area contributed by atoms with Gasteiger partial charge in [-0.1, -0.05) is 12.1 Å². The van der Waals surface area contributed by atoms with E-state index in [0.29, 0.717) is 30.6 Å². The van der Waals surface area contributed by atoms with Crippen LogP contribution in [0.25, 0.3) is 21.4 Å². The number of nitrogens with zero attached hydrogens (tertiary/aromatic N) is 6. The first kappa shape index (κ1) is 21.6. The van der Waals surface area contributed by atoms with Gasteiger partial charge in [-0.15, -0.1) is 11.3 Å². The van der Waals surface area contributed by atoms with Gasteiger partial charge in [0.2, 0.25) is 5.91 Å². The molecule has 1 fully saturated rings. The van der Waals surface area contributed by atoms with Crippen LogP contribution in [-0.2, 0) is 25.4 Å². The van der Waals surface area contributed by atoms with Crippen molar-refractivity contribution >= 4 is 38.6 Å². The zero-order chi connectivity index (χ0) is 23.1. The predicted octanol–water partition coefficient (Wildman–Crippen LogP) is 2.58. The van der Waals surface area contributed by atoms with Crippen LogP contribution < -0.4 is 11.2 Å². The molecule has 3 aromatic heterocycles. The monoisotopic (exact) mass is 466 g/mol. The van der Waals surface area contributed by atoms with Gasteiger partial charge in [0, 0.05) is 33.6 Å². The maximum absolute atomic E-state index is 13.2. The highest BCUT2D eigenvalue weighted by Gasteiger charge is 2.30. The molecule has 1 amide bonds. The molecule has 5 rings (SSSR count). The number of thiazole rings is 1. The van der Waals surface area contributed by atoms with Crippen LogP contribution in [0, 0.1) is 0 Å². The highest BCUT2D eigenvalue weighted by atomic mass is 32.1. The molecule has 4 aromatic rings. The Bertz CT molecular complexity index is 1430. The fourth-order valence-corrected chi connectivity index (χ4v) is 5.75. The van der Waals surface area contributed by atoms with Crippen molar-refractivity contribution in [3.63, 3.8) is 0 Å². The van der Waals surface area contributed by atoms with Crippen molar-refractivity contribution in [1.82, 2.24) is 28.6 Å². The van der Waals surface area contributed by atoms with E-state index in [0.717, 1.165) is 45.6 Å². The normalized spacial score (nSPS) is 16.7. The Kier molecular flexibility index (Phi) is 5.61. The number of para-hydroxylation sites is 1. The molecular weight excluding hydrogens is 440 g/mol. The number of aromatic nitrogens is 5. The number of carbonyl (C=O) groups excluding carboxylic acids is 1. The Hall–Kier alpha value is -3.27. The summed E-state index contributed by atoms with van der Waals surface area (Å²) in [6.07, 6.45) is 5.56. The smallest absolute Gasteiger partial charge is 0.332 e. The summed E-state index contributed by atoms with van der Waals surface area (Å²) in [6, 6.07) is 8.11. The lowest BCUT2D eigenvalue weighted by Crippen LogP contribution is -2.38. The standard InChI is InChI=1S/C23H26N6O3S/c1-26-20-19(22(31)27(2)23(26)32)28(14-24-20)12-7-11-18(30)29-13-6-5-9-16(29)21-25-15-8-3-4-10-17(15)33-21/h3-4,8,10,14,16H,5-7,9,11-13H2,1-2H3/t16-/m1/s1. The van der Waals surface area contributed by atoms with Crippen molar-refractivity contribution in [2.24, 2.45) is 14.1 Å². The van der Waals surface area contributed by atoms with Gasteiger partial charge < -0.3 is 9.47 Å². The maximum atomic E-state index is 13.2. The number of aryl methyl sites for hydroxylation is 2.